The number of sulfone groups is 1. The van der Waals surface area contributed by atoms with E-state index >= 15 is 0 Å². The molecular formula is C13H20ClN3O2S. The van der Waals surface area contributed by atoms with Crippen LogP contribution in [0.15, 0.2) is 6.20 Å². The number of hydrogen-bond acceptors (Lipinski definition) is 5. The predicted molar refractivity (Wildman–Crippen MR) is 81.1 cm³/mol. The Morgan fingerprint density at radius 3 is 2.75 bits per heavy atom. The largest absolute Gasteiger partial charge is 0.364 e. The summed E-state index contributed by atoms with van der Waals surface area (Å²) in [5, 5.41) is 0. The van der Waals surface area contributed by atoms with Crippen LogP contribution in [0.1, 0.15) is 38.2 Å². The average molecular weight is 318 g/mol. The van der Waals surface area contributed by atoms with Crippen LogP contribution in [-0.2, 0) is 15.7 Å². The number of aromatic nitrogens is 2. The van der Waals surface area contributed by atoms with Crippen LogP contribution in [0.2, 0.25) is 0 Å². The summed E-state index contributed by atoms with van der Waals surface area (Å²) in [6.45, 7) is 6.44. The number of alkyl halides is 1. The summed E-state index contributed by atoms with van der Waals surface area (Å²) in [5.41, 5.74) is 1.63. The topological polar surface area (TPSA) is 63.2 Å². The Morgan fingerprint density at radius 2 is 2.20 bits per heavy atom. The van der Waals surface area contributed by atoms with Gasteiger partial charge in [0.05, 0.1) is 35.0 Å². The van der Waals surface area contributed by atoms with E-state index in [0.717, 1.165) is 17.2 Å². The number of halogens is 1. The number of hydrogen-bond donors (Lipinski definition) is 0. The maximum absolute atomic E-state index is 11.7. The lowest BCUT2D eigenvalue weighted by Gasteiger charge is -2.35. The molecule has 1 aromatic rings. The van der Waals surface area contributed by atoms with Crippen molar-refractivity contribution in [2.75, 3.05) is 23.0 Å². The van der Waals surface area contributed by atoms with Crippen molar-refractivity contribution in [3.05, 3.63) is 17.7 Å². The predicted octanol–water partition coefficient (Wildman–Crippen LogP) is 1.96. The molecule has 0 aromatic carbocycles. The molecule has 1 aromatic heterocycles. The highest BCUT2D eigenvalue weighted by atomic mass is 35.5. The minimum atomic E-state index is -2.93. The highest BCUT2D eigenvalue weighted by Crippen LogP contribution is 2.26. The molecule has 5 nitrogen and oxygen atoms in total. The SMILES string of the molecule is CC(C)c1ncc(N2CCS(=O)(=O)CC2C)c(CCl)n1. The Morgan fingerprint density at radius 1 is 1.50 bits per heavy atom. The van der Waals surface area contributed by atoms with Crippen LogP contribution in [0, 0.1) is 0 Å². The molecule has 1 atom stereocenters. The summed E-state index contributed by atoms with van der Waals surface area (Å²) < 4.78 is 23.3. The number of anilines is 1. The summed E-state index contributed by atoms with van der Waals surface area (Å²) in [6, 6.07) is -0.0794. The van der Waals surface area contributed by atoms with Gasteiger partial charge in [-0.1, -0.05) is 13.8 Å². The zero-order valence-electron chi connectivity index (χ0n) is 12.0. The standard InChI is InChI=1S/C13H20ClN3O2S/c1-9(2)13-15-7-12(11(6-14)16-13)17-4-5-20(18,19)8-10(17)3/h7,9-10H,4-6,8H2,1-3H3. The van der Waals surface area contributed by atoms with Crippen molar-refractivity contribution >= 4 is 27.1 Å². The van der Waals surface area contributed by atoms with Crippen LogP contribution < -0.4 is 4.90 Å². The first-order chi connectivity index (χ1) is 9.34. The van der Waals surface area contributed by atoms with Crippen molar-refractivity contribution < 1.29 is 8.42 Å². The third kappa shape index (κ3) is 3.23. The monoisotopic (exact) mass is 317 g/mol. The quantitative estimate of drug-likeness (QED) is 0.797. The third-order valence-electron chi connectivity index (χ3n) is 3.49. The van der Waals surface area contributed by atoms with Gasteiger partial charge in [-0.05, 0) is 6.92 Å². The molecule has 0 spiro atoms. The lowest BCUT2D eigenvalue weighted by Crippen LogP contribution is -2.47. The van der Waals surface area contributed by atoms with E-state index in [9.17, 15) is 8.42 Å². The van der Waals surface area contributed by atoms with Crippen molar-refractivity contribution in [2.45, 2.75) is 38.6 Å². The first kappa shape index (κ1) is 15.5. The molecule has 0 bridgehead atoms. The molecule has 0 N–H and O–H groups in total. The summed E-state index contributed by atoms with van der Waals surface area (Å²) in [7, 11) is -2.93. The van der Waals surface area contributed by atoms with Gasteiger partial charge in [-0.25, -0.2) is 18.4 Å². The fourth-order valence-electron chi connectivity index (χ4n) is 2.40. The van der Waals surface area contributed by atoms with Gasteiger partial charge in [0.15, 0.2) is 9.84 Å². The van der Waals surface area contributed by atoms with Crippen molar-refractivity contribution in [2.24, 2.45) is 0 Å². The van der Waals surface area contributed by atoms with Crippen molar-refractivity contribution in [1.82, 2.24) is 9.97 Å². The maximum Gasteiger partial charge on any atom is 0.154 e. The lowest BCUT2D eigenvalue weighted by atomic mass is 10.2. The van der Waals surface area contributed by atoms with Gasteiger partial charge in [0.2, 0.25) is 0 Å². The van der Waals surface area contributed by atoms with E-state index in [1.54, 1.807) is 6.20 Å². The molecule has 1 unspecified atom stereocenters. The molecule has 2 rings (SSSR count). The molecule has 7 heteroatoms. The van der Waals surface area contributed by atoms with Crippen LogP contribution in [0.4, 0.5) is 5.69 Å². The molecule has 1 fully saturated rings. The van der Waals surface area contributed by atoms with Crippen LogP contribution in [0.3, 0.4) is 0 Å². The normalized spacial score (nSPS) is 22.2. The molecule has 1 aliphatic heterocycles. The van der Waals surface area contributed by atoms with E-state index < -0.39 is 9.84 Å². The van der Waals surface area contributed by atoms with E-state index in [1.165, 1.54) is 0 Å². The molecule has 1 aliphatic rings. The highest BCUT2D eigenvalue weighted by molar-refractivity contribution is 7.91. The van der Waals surface area contributed by atoms with Gasteiger partial charge < -0.3 is 4.90 Å². The Balaban J connectivity index is 2.33. The fourth-order valence-corrected chi connectivity index (χ4v) is 4.15. The summed E-state index contributed by atoms with van der Waals surface area (Å²) in [5.74, 6) is 1.64. The van der Waals surface area contributed by atoms with Gasteiger partial charge in [-0.15, -0.1) is 11.6 Å². The second-order valence-electron chi connectivity index (χ2n) is 5.51. The zero-order chi connectivity index (χ0) is 14.9. The fraction of sp³-hybridized carbons (Fsp3) is 0.692. The second kappa shape index (κ2) is 5.85. The van der Waals surface area contributed by atoms with Gasteiger partial charge in [0.1, 0.15) is 5.82 Å². The molecule has 112 valence electrons. The maximum atomic E-state index is 11.7. The van der Waals surface area contributed by atoms with E-state index in [-0.39, 0.29) is 23.5 Å². The van der Waals surface area contributed by atoms with Crippen molar-refractivity contribution in [1.29, 1.82) is 0 Å². The van der Waals surface area contributed by atoms with Crippen molar-refractivity contribution in [3.8, 4) is 0 Å². The van der Waals surface area contributed by atoms with E-state index in [4.69, 9.17) is 11.6 Å². The third-order valence-corrected chi connectivity index (χ3v) is 5.54. The Kier molecular flexibility index (Phi) is 4.54. The van der Waals surface area contributed by atoms with Crippen LogP contribution in [0.5, 0.6) is 0 Å². The second-order valence-corrected chi connectivity index (χ2v) is 8.00. The van der Waals surface area contributed by atoms with E-state index in [2.05, 4.69) is 9.97 Å². The van der Waals surface area contributed by atoms with Gasteiger partial charge in [-0.2, -0.15) is 0 Å². The zero-order valence-corrected chi connectivity index (χ0v) is 13.6. The Bertz CT molecular complexity index is 589. The Hall–Kier alpha value is -0.880. The molecule has 20 heavy (non-hydrogen) atoms. The minimum absolute atomic E-state index is 0.0794. The Labute approximate surface area is 125 Å². The number of rotatable bonds is 3. The summed E-state index contributed by atoms with van der Waals surface area (Å²) in [6.07, 6.45) is 1.77. The van der Waals surface area contributed by atoms with Crippen LogP contribution >= 0.6 is 11.6 Å². The molecule has 2 heterocycles. The molecule has 0 aliphatic carbocycles. The van der Waals surface area contributed by atoms with Gasteiger partial charge in [-0.3, -0.25) is 0 Å². The van der Waals surface area contributed by atoms with Gasteiger partial charge >= 0.3 is 0 Å². The van der Waals surface area contributed by atoms with Crippen LogP contribution in [0.25, 0.3) is 0 Å². The first-order valence-corrected chi connectivity index (χ1v) is 9.08. The van der Waals surface area contributed by atoms with Gasteiger partial charge in [0, 0.05) is 18.5 Å². The smallest absolute Gasteiger partial charge is 0.154 e. The first-order valence-electron chi connectivity index (χ1n) is 6.73. The van der Waals surface area contributed by atoms with Gasteiger partial charge in [0.25, 0.3) is 0 Å². The molecule has 0 radical (unpaired) electrons. The van der Waals surface area contributed by atoms with Crippen molar-refractivity contribution in [3.63, 3.8) is 0 Å². The minimum Gasteiger partial charge on any atom is -0.364 e. The molecular weight excluding hydrogens is 298 g/mol. The summed E-state index contributed by atoms with van der Waals surface area (Å²) >= 11 is 6.00. The highest BCUT2D eigenvalue weighted by Gasteiger charge is 2.30. The summed E-state index contributed by atoms with van der Waals surface area (Å²) in [4.78, 5) is 10.9. The molecule has 0 saturated carbocycles. The lowest BCUT2D eigenvalue weighted by molar-refractivity contribution is 0.567. The van der Waals surface area contributed by atoms with Crippen LogP contribution in [-0.4, -0.2) is 42.5 Å². The molecule has 0 amide bonds. The van der Waals surface area contributed by atoms with E-state index in [1.807, 2.05) is 25.7 Å². The average Bonchev–Trinajstić information content (AvgIpc) is 2.37. The molecule has 1 saturated heterocycles. The van der Waals surface area contributed by atoms with E-state index in [0.29, 0.717) is 12.4 Å². The number of nitrogens with zero attached hydrogens (tertiary/aromatic N) is 3.